The molecule has 1 aromatic heterocycles. The van der Waals surface area contributed by atoms with Gasteiger partial charge in [0, 0.05) is 18.9 Å². The Bertz CT molecular complexity index is 547. The van der Waals surface area contributed by atoms with E-state index >= 15 is 0 Å². The zero-order chi connectivity index (χ0) is 15.8. The number of halogens is 2. The smallest absolute Gasteiger partial charge is 0.156 e. The van der Waals surface area contributed by atoms with Gasteiger partial charge >= 0.3 is 0 Å². The van der Waals surface area contributed by atoms with Crippen LogP contribution in [0, 0.1) is 0 Å². The monoisotopic (exact) mass is 340 g/mol. The van der Waals surface area contributed by atoms with Crippen molar-refractivity contribution in [3.05, 3.63) is 46.5 Å². The summed E-state index contributed by atoms with van der Waals surface area (Å²) in [6.07, 6.45) is 11.0. The zero-order valence-corrected chi connectivity index (χ0v) is 14.4. The van der Waals surface area contributed by atoms with Crippen molar-refractivity contribution in [3.8, 4) is 5.75 Å². The fourth-order valence-electron chi connectivity index (χ4n) is 2.30. The minimum atomic E-state index is 0.601. The highest BCUT2D eigenvalue weighted by Gasteiger charge is 2.09. The van der Waals surface area contributed by atoms with Crippen molar-refractivity contribution in [1.82, 2.24) is 9.55 Å². The molecular weight excluding hydrogens is 319 g/mol. The van der Waals surface area contributed by atoms with E-state index in [1.54, 1.807) is 0 Å². The fraction of sp³-hybridized carbons (Fsp3) is 0.471. The number of benzene rings is 1. The van der Waals surface area contributed by atoms with E-state index in [1.807, 2.05) is 30.9 Å². The summed E-state index contributed by atoms with van der Waals surface area (Å²) in [5, 5.41) is 1.20. The third-order valence-electron chi connectivity index (χ3n) is 3.58. The van der Waals surface area contributed by atoms with Gasteiger partial charge in [-0.15, -0.1) is 0 Å². The number of rotatable bonds is 9. The number of ether oxygens (including phenoxy) is 1. The molecule has 0 radical (unpaired) electrons. The molecule has 3 nitrogen and oxygen atoms in total. The molecule has 0 fully saturated rings. The summed E-state index contributed by atoms with van der Waals surface area (Å²) in [6, 6.07) is 3.85. The van der Waals surface area contributed by atoms with Crippen LogP contribution in [-0.2, 0) is 13.0 Å². The fourth-order valence-corrected chi connectivity index (χ4v) is 2.94. The molecule has 2 rings (SSSR count). The highest BCUT2D eigenvalue weighted by molar-refractivity contribution is 6.37. The van der Waals surface area contributed by atoms with Crippen LogP contribution in [0.3, 0.4) is 0 Å². The Morgan fingerprint density at radius 1 is 1.09 bits per heavy atom. The van der Waals surface area contributed by atoms with E-state index < -0.39 is 0 Å². The summed E-state index contributed by atoms with van der Waals surface area (Å²) in [4.78, 5) is 4.03. The topological polar surface area (TPSA) is 27.1 Å². The van der Waals surface area contributed by atoms with Crippen LogP contribution in [-0.4, -0.2) is 16.2 Å². The second-order valence-electron chi connectivity index (χ2n) is 5.31. The molecule has 0 spiro atoms. The second kappa shape index (κ2) is 9.06. The normalized spacial score (nSPS) is 10.9. The summed E-state index contributed by atoms with van der Waals surface area (Å²) in [7, 11) is 0. The first-order valence-electron chi connectivity index (χ1n) is 7.77. The van der Waals surface area contributed by atoms with Gasteiger partial charge in [-0.1, -0.05) is 43.0 Å². The van der Waals surface area contributed by atoms with Gasteiger partial charge in [0.2, 0.25) is 0 Å². The van der Waals surface area contributed by atoms with Crippen LogP contribution in [0.15, 0.2) is 30.9 Å². The van der Waals surface area contributed by atoms with Gasteiger partial charge in [-0.3, -0.25) is 0 Å². The summed E-state index contributed by atoms with van der Waals surface area (Å²) in [5.74, 6) is 0.610. The zero-order valence-electron chi connectivity index (χ0n) is 12.9. The minimum absolute atomic E-state index is 0.601. The van der Waals surface area contributed by atoms with Crippen molar-refractivity contribution in [2.75, 3.05) is 6.61 Å². The van der Waals surface area contributed by atoms with E-state index in [-0.39, 0.29) is 0 Å². The van der Waals surface area contributed by atoms with Crippen molar-refractivity contribution in [2.24, 2.45) is 0 Å². The molecule has 0 aliphatic heterocycles. The molecule has 0 saturated heterocycles. The Morgan fingerprint density at radius 3 is 2.45 bits per heavy atom. The molecule has 2 aromatic rings. The van der Waals surface area contributed by atoms with Crippen LogP contribution in [0.1, 0.15) is 38.2 Å². The molecule has 0 amide bonds. The first kappa shape index (κ1) is 17.2. The molecule has 120 valence electrons. The van der Waals surface area contributed by atoms with E-state index in [9.17, 15) is 0 Å². The number of unbranched alkanes of at least 4 members (excludes halogenated alkanes) is 3. The van der Waals surface area contributed by atoms with Gasteiger partial charge in [0.05, 0.1) is 23.0 Å². The first-order chi connectivity index (χ1) is 10.7. The lowest BCUT2D eigenvalue weighted by atomic mass is 10.1. The maximum atomic E-state index is 6.21. The lowest BCUT2D eigenvalue weighted by Gasteiger charge is -2.11. The Balaban J connectivity index is 1.64. The standard InChI is InChI=1S/C17H22Cl2N2O/c1-2-14-11-15(18)17(16(19)12-14)22-10-6-4-3-5-8-21-9-7-20-13-21/h7,9,11-13H,2-6,8,10H2,1H3. The number of imidazole rings is 1. The van der Waals surface area contributed by atoms with Crippen molar-refractivity contribution in [1.29, 1.82) is 0 Å². The van der Waals surface area contributed by atoms with Crippen LogP contribution in [0.4, 0.5) is 0 Å². The highest BCUT2D eigenvalue weighted by atomic mass is 35.5. The van der Waals surface area contributed by atoms with Gasteiger partial charge in [-0.05, 0) is 37.0 Å². The van der Waals surface area contributed by atoms with E-state index in [0.717, 1.165) is 37.8 Å². The third-order valence-corrected chi connectivity index (χ3v) is 4.14. The molecular formula is C17H22Cl2N2O. The Kier molecular flexibility index (Phi) is 7.07. The number of aryl methyl sites for hydroxylation is 2. The average Bonchev–Trinajstić information content (AvgIpc) is 3.01. The SMILES string of the molecule is CCc1cc(Cl)c(OCCCCCCn2ccnc2)c(Cl)c1. The van der Waals surface area contributed by atoms with Gasteiger partial charge in [-0.2, -0.15) is 0 Å². The van der Waals surface area contributed by atoms with Gasteiger partial charge in [0.25, 0.3) is 0 Å². The van der Waals surface area contributed by atoms with Crippen LogP contribution in [0.2, 0.25) is 10.0 Å². The molecule has 0 unspecified atom stereocenters. The number of hydrogen-bond acceptors (Lipinski definition) is 2. The summed E-state index contributed by atoms with van der Waals surface area (Å²) >= 11 is 12.4. The highest BCUT2D eigenvalue weighted by Crippen LogP contribution is 2.34. The van der Waals surface area contributed by atoms with Crippen molar-refractivity contribution in [2.45, 2.75) is 45.6 Å². The van der Waals surface area contributed by atoms with E-state index in [0.29, 0.717) is 22.4 Å². The first-order valence-corrected chi connectivity index (χ1v) is 8.52. The summed E-state index contributed by atoms with van der Waals surface area (Å²) in [6.45, 7) is 3.75. The predicted molar refractivity (Wildman–Crippen MR) is 92.0 cm³/mol. The number of nitrogens with zero attached hydrogens (tertiary/aromatic N) is 2. The maximum absolute atomic E-state index is 6.21. The largest absolute Gasteiger partial charge is 0.490 e. The van der Waals surface area contributed by atoms with E-state index in [1.165, 1.54) is 6.42 Å². The Labute approximate surface area is 142 Å². The van der Waals surface area contributed by atoms with Crippen molar-refractivity contribution >= 4 is 23.2 Å². The maximum Gasteiger partial charge on any atom is 0.156 e. The van der Waals surface area contributed by atoms with Crippen LogP contribution in [0.5, 0.6) is 5.75 Å². The third kappa shape index (κ3) is 5.22. The Hall–Kier alpha value is -1.19. The minimum Gasteiger partial charge on any atom is -0.490 e. The molecule has 1 aromatic carbocycles. The molecule has 5 heteroatoms. The van der Waals surface area contributed by atoms with E-state index in [4.69, 9.17) is 27.9 Å². The lowest BCUT2D eigenvalue weighted by molar-refractivity contribution is 0.304. The lowest BCUT2D eigenvalue weighted by Crippen LogP contribution is -2.00. The molecule has 0 bridgehead atoms. The quantitative estimate of drug-likeness (QED) is 0.572. The molecule has 0 saturated carbocycles. The molecule has 0 aliphatic rings. The molecule has 0 N–H and O–H groups in total. The predicted octanol–water partition coefficient (Wildman–Crippen LogP) is 5.39. The average molecular weight is 341 g/mol. The van der Waals surface area contributed by atoms with Crippen molar-refractivity contribution < 1.29 is 4.74 Å². The van der Waals surface area contributed by atoms with Gasteiger partial charge < -0.3 is 9.30 Å². The molecule has 0 aliphatic carbocycles. The summed E-state index contributed by atoms with van der Waals surface area (Å²) in [5.41, 5.74) is 1.13. The Morgan fingerprint density at radius 2 is 1.82 bits per heavy atom. The molecule has 0 atom stereocenters. The van der Waals surface area contributed by atoms with Crippen LogP contribution < -0.4 is 4.74 Å². The van der Waals surface area contributed by atoms with Gasteiger partial charge in [0.1, 0.15) is 0 Å². The molecule has 1 heterocycles. The second-order valence-corrected chi connectivity index (χ2v) is 6.12. The van der Waals surface area contributed by atoms with E-state index in [2.05, 4.69) is 16.5 Å². The summed E-state index contributed by atoms with van der Waals surface area (Å²) < 4.78 is 7.84. The van der Waals surface area contributed by atoms with Gasteiger partial charge in [-0.25, -0.2) is 4.98 Å². The number of hydrogen-bond donors (Lipinski definition) is 0. The molecule has 22 heavy (non-hydrogen) atoms. The van der Waals surface area contributed by atoms with Gasteiger partial charge in [0.15, 0.2) is 5.75 Å². The number of aromatic nitrogens is 2. The van der Waals surface area contributed by atoms with Crippen molar-refractivity contribution in [3.63, 3.8) is 0 Å². The van der Waals surface area contributed by atoms with Crippen LogP contribution >= 0.6 is 23.2 Å². The van der Waals surface area contributed by atoms with Crippen LogP contribution in [0.25, 0.3) is 0 Å².